The van der Waals surface area contributed by atoms with Gasteiger partial charge in [0.25, 0.3) is 0 Å². The second kappa shape index (κ2) is 4.78. The Labute approximate surface area is 75.1 Å². The molecule has 0 saturated carbocycles. The van der Waals surface area contributed by atoms with E-state index >= 15 is 0 Å². The smallest absolute Gasteiger partial charge is 0.379 e. The van der Waals surface area contributed by atoms with E-state index in [0.717, 1.165) is 6.42 Å². The SMILES string of the molecule is CCCOCC(N)c1noc(=O)[nH]1. The van der Waals surface area contributed by atoms with E-state index in [-0.39, 0.29) is 0 Å². The molecular formula is C7H13N3O3. The summed E-state index contributed by atoms with van der Waals surface area (Å²) in [6.45, 7) is 2.98. The molecule has 0 aromatic carbocycles. The Hall–Kier alpha value is -1.14. The third-order valence-corrected chi connectivity index (χ3v) is 1.45. The van der Waals surface area contributed by atoms with Gasteiger partial charge in [0.1, 0.15) is 0 Å². The van der Waals surface area contributed by atoms with Crippen LogP contribution in [-0.4, -0.2) is 23.4 Å². The molecule has 74 valence electrons. The standard InChI is InChI=1S/C7H13N3O3/c1-2-3-12-4-5(8)6-9-7(11)13-10-6/h5H,2-4,8H2,1H3,(H,9,10,11). The zero-order valence-electron chi connectivity index (χ0n) is 7.45. The normalized spacial score (nSPS) is 13.1. The molecule has 0 aliphatic carbocycles. The minimum atomic E-state index is -0.596. The fourth-order valence-electron chi connectivity index (χ4n) is 0.835. The highest BCUT2D eigenvalue weighted by atomic mass is 16.5. The predicted octanol–water partition coefficient (Wildman–Crippen LogP) is -0.211. The van der Waals surface area contributed by atoms with Gasteiger partial charge in [0.05, 0.1) is 12.6 Å². The lowest BCUT2D eigenvalue weighted by atomic mass is 10.3. The van der Waals surface area contributed by atoms with Gasteiger partial charge in [-0.05, 0) is 6.42 Å². The lowest BCUT2D eigenvalue weighted by molar-refractivity contribution is 0.119. The fraction of sp³-hybridized carbons (Fsp3) is 0.714. The topological polar surface area (TPSA) is 94.1 Å². The number of aromatic amines is 1. The predicted molar refractivity (Wildman–Crippen MR) is 45.2 cm³/mol. The maximum atomic E-state index is 10.5. The molecule has 0 amide bonds. The Morgan fingerprint density at radius 1 is 1.77 bits per heavy atom. The van der Waals surface area contributed by atoms with Crippen molar-refractivity contribution in [2.45, 2.75) is 19.4 Å². The molecule has 0 saturated heterocycles. The van der Waals surface area contributed by atoms with Gasteiger partial charge in [-0.1, -0.05) is 12.1 Å². The van der Waals surface area contributed by atoms with Crippen molar-refractivity contribution < 1.29 is 9.26 Å². The van der Waals surface area contributed by atoms with Gasteiger partial charge in [0, 0.05) is 6.61 Å². The maximum Gasteiger partial charge on any atom is 0.438 e. The summed E-state index contributed by atoms with van der Waals surface area (Å²) >= 11 is 0. The summed E-state index contributed by atoms with van der Waals surface area (Å²) in [5.41, 5.74) is 5.63. The molecule has 6 nitrogen and oxygen atoms in total. The van der Waals surface area contributed by atoms with Crippen molar-refractivity contribution in [1.82, 2.24) is 10.1 Å². The van der Waals surface area contributed by atoms with E-state index in [0.29, 0.717) is 19.0 Å². The first kappa shape index (κ1) is 9.94. The molecule has 0 aliphatic heterocycles. The van der Waals surface area contributed by atoms with Crippen molar-refractivity contribution in [1.29, 1.82) is 0 Å². The Bertz CT molecular complexity index is 293. The number of nitrogens with zero attached hydrogens (tertiary/aromatic N) is 1. The zero-order valence-corrected chi connectivity index (χ0v) is 7.45. The summed E-state index contributed by atoms with van der Waals surface area (Å²) in [7, 11) is 0. The summed E-state index contributed by atoms with van der Waals surface area (Å²) in [5, 5.41) is 3.45. The van der Waals surface area contributed by atoms with Crippen LogP contribution in [0, 0.1) is 0 Å². The highest BCUT2D eigenvalue weighted by Crippen LogP contribution is 2.01. The lowest BCUT2D eigenvalue weighted by Crippen LogP contribution is -2.19. The van der Waals surface area contributed by atoms with Crippen LogP contribution in [0.3, 0.4) is 0 Å². The fourth-order valence-corrected chi connectivity index (χ4v) is 0.835. The third kappa shape index (κ3) is 3.00. The average Bonchev–Trinajstić information content (AvgIpc) is 2.52. The zero-order chi connectivity index (χ0) is 9.68. The van der Waals surface area contributed by atoms with Crippen LogP contribution < -0.4 is 11.5 Å². The van der Waals surface area contributed by atoms with E-state index in [1.807, 2.05) is 6.92 Å². The van der Waals surface area contributed by atoms with Crippen LogP contribution in [0.2, 0.25) is 0 Å². The molecule has 1 rings (SSSR count). The van der Waals surface area contributed by atoms with Crippen molar-refractivity contribution in [2.24, 2.45) is 5.73 Å². The first-order valence-electron chi connectivity index (χ1n) is 4.13. The van der Waals surface area contributed by atoms with Crippen molar-refractivity contribution in [2.75, 3.05) is 13.2 Å². The van der Waals surface area contributed by atoms with Crippen LogP contribution in [0.25, 0.3) is 0 Å². The molecule has 1 atom stereocenters. The number of hydrogen-bond donors (Lipinski definition) is 2. The molecule has 1 unspecified atom stereocenters. The molecule has 6 heteroatoms. The molecule has 1 heterocycles. The summed E-state index contributed by atoms with van der Waals surface area (Å²) < 4.78 is 9.47. The Balaban J connectivity index is 2.39. The van der Waals surface area contributed by atoms with Crippen molar-refractivity contribution in [3.63, 3.8) is 0 Å². The van der Waals surface area contributed by atoms with Gasteiger partial charge in [0.2, 0.25) is 0 Å². The van der Waals surface area contributed by atoms with E-state index in [4.69, 9.17) is 10.5 Å². The van der Waals surface area contributed by atoms with Crippen molar-refractivity contribution in [3.05, 3.63) is 16.4 Å². The number of aromatic nitrogens is 2. The molecule has 0 aliphatic rings. The molecule has 0 spiro atoms. The minimum absolute atomic E-state index is 0.320. The van der Waals surface area contributed by atoms with E-state index in [2.05, 4.69) is 14.7 Å². The van der Waals surface area contributed by atoms with Gasteiger partial charge in [-0.15, -0.1) is 0 Å². The van der Waals surface area contributed by atoms with E-state index in [9.17, 15) is 4.79 Å². The van der Waals surface area contributed by atoms with Crippen LogP contribution in [-0.2, 0) is 4.74 Å². The number of hydrogen-bond acceptors (Lipinski definition) is 5. The Kier molecular flexibility index (Phi) is 3.66. The summed E-state index contributed by atoms with van der Waals surface area (Å²) in [4.78, 5) is 12.9. The van der Waals surface area contributed by atoms with Crippen LogP contribution in [0.1, 0.15) is 25.2 Å². The van der Waals surface area contributed by atoms with E-state index in [1.165, 1.54) is 0 Å². The van der Waals surface area contributed by atoms with Crippen molar-refractivity contribution in [3.8, 4) is 0 Å². The first-order valence-corrected chi connectivity index (χ1v) is 4.13. The number of H-pyrrole nitrogens is 1. The molecule has 1 aromatic rings. The van der Waals surface area contributed by atoms with Crippen LogP contribution >= 0.6 is 0 Å². The second-order valence-corrected chi connectivity index (χ2v) is 2.66. The number of rotatable bonds is 5. The Morgan fingerprint density at radius 3 is 3.08 bits per heavy atom. The molecule has 0 radical (unpaired) electrons. The van der Waals surface area contributed by atoms with Gasteiger partial charge < -0.3 is 10.5 Å². The summed E-state index contributed by atoms with van der Waals surface area (Å²) in [6, 6.07) is -0.432. The van der Waals surface area contributed by atoms with Crippen LogP contribution in [0.4, 0.5) is 0 Å². The Morgan fingerprint density at radius 2 is 2.54 bits per heavy atom. The van der Waals surface area contributed by atoms with Crippen molar-refractivity contribution >= 4 is 0 Å². The van der Waals surface area contributed by atoms with E-state index in [1.54, 1.807) is 0 Å². The molecule has 1 aromatic heterocycles. The van der Waals surface area contributed by atoms with Gasteiger partial charge in [-0.25, -0.2) is 4.79 Å². The van der Waals surface area contributed by atoms with Gasteiger partial charge in [-0.3, -0.25) is 9.51 Å². The quantitative estimate of drug-likeness (QED) is 0.622. The average molecular weight is 187 g/mol. The number of ether oxygens (including phenoxy) is 1. The summed E-state index contributed by atoms with van der Waals surface area (Å²) in [5.74, 6) is -0.276. The van der Waals surface area contributed by atoms with Crippen LogP contribution in [0.5, 0.6) is 0 Å². The van der Waals surface area contributed by atoms with Gasteiger partial charge in [0.15, 0.2) is 5.82 Å². The first-order chi connectivity index (χ1) is 6.24. The summed E-state index contributed by atoms with van der Waals surface area (Å²) in [6.07, 6.45) is 0.933. The number of nitrogens with one attached hydrogen (secondary N) is 1. The van der Waals surface area contributed by atoms with Gasteiger partial charge in [-0.2, -0.15) is 0 Å². The maximum absolute atomic E-state index is 10.5. The minimum Gasteiger partial charge on any atom is -0.379 e. The molecular weight excluding hydrogens is 174 g/mol. The monoisotopic (exact) mass is 187 g/mol. The third-order valence-electron chi connectivity index (χ3n) is 1.45. The number of nitrogens with two attached hydrogens (primary N) is 1. The molecule has 13 heavy (non-hydrogen) atoms. The van der Waals surface area contributed by atoms with Gasteiger partial charge >= 0.3 is 5.76 Å². The highest BCUT2D eigenvalue weighted by Gasteiger charge is 2.10. The molecule has 0 bridgehead atoms. The lowest BCUT2D eigenvalue weighted by Gasteiger charge is -2.06. The second-order valence-electron chi connectivity index (χ2n) is 2.66. The molecule has 3 N–H and O–H groups in total. The highest BCUT2D eigenvalue weighted by molar-refractivity contribution is 4.87. The molecule has 0 fully saturated rings. The van der Waals surface area contributed by atoms with Crippen LogP contribution in [0.15, 0.2) is 9.32 Å². The van der Waals surface area contributed by atoms with E-state index < -0.39 is 11.8 Å². The largest absolute Gasteiger partial charge is 0.438 e.